The first-order valence-corrected chi connectivity index (χ1v) is 9.16. The normalized spacial score (nSPS) is 15.2. The van der Waals surface area contributed by atoms with Gasteiger partial charge in [0.1, 0.15) is 0 Å². The van der Waals surface area contributed by atoms with Crippen molar-refractivity contribution in [1.82, 2.24) is 14.9 Å². The van der Waals surface area contributed by atoms with E-state index in [-0.39, 0.29) is 11.2 Å². The number of carbonyl (C=O) groups is 1. The van der Waals surface area contributed by atoms with E-state index in [0.717, 1.165) is 35.1 Å². The molecule has 2 aromatic carbocycles. The Morgan fingerprint density at radius 3 is 2.76 bits per heavy atom. The van der Waals surface area contributed by atoms with Crippen LogP contribution < -0.4 is 11.2 Å². The fourth-order valence-electron chi connectivity index (χ4n) is 2.71. The van der Waals surface area contributed by atoms with Crippen LogP contribution in [0.3, 0.4) is 0 Å². The third kappa shape index (κ3) is 3.32. The molecule has 0 bridgehead atoms. The summed E-state index contributed by atoms with van der Waals surface area (Å²) in [6.07, 6.45) is 2.22. The Bertz CT molecular complexity index is 934. The highest BCUT2D eigenvalue weighted by atomic mass is 32.2. The zero-order valence-corrected chi connectivity index (χ0v) is 14.7. The predicted octanol–water partition coefficient (Wildman–Crippen LogP) is 3.14. The van der Waals surface area contributed by atoms with Crippen LogP contribution in [0.5, 0.6) is 0 Å². The van der Waals surface area contributed by atoms with Gasteiger partial charge < -0.3 is 11.2 Å². The summed E-state index contributed by atoms with van der Waals surface area (Å²) in [5, 5.41) is 13.7. The summed E-state index contributed by atoms with van der Waals surface area (Å²) in [7, 11) is 0. The molecule has 4 rings (SSSR count). The highest BCUT2D eigenvalue weighted by molar-refractivity contribution is 8.00. The first kappa shape index (κ1) is 16.0. The van der Waals surface area contributed by atoms with E-state index in [4.69, 9.17) is 5.84 Å². The first-order valence-electron chi connectivity index (χ1n) is 8.28. The fraction of sp³-hybridized carbons (Fsp3) is 0.278. The fourth-order valence-corrected chi connectivity index (χ4v) is 3.49. The number of nitrogens with two attached hydrogens (primary N) is 1. The third-order valence-corrected chi connectivity index (χ3v) is 5.36. The summed E-state index contributed by atoms with van der Waals surface area (Å²) < 4.78 is 1.52. The van der Waals surface area contributed by atoms with E-state index in [0.29, 0.717) is 11.1 Å². The number of nitrogen functional groups attached to an aromatic ring is 1. The number of amides is 1. The van der Waals surface area contributed by atoms with Gasteiger partial charge >= 0.3 is 0 Å². The lowest BCUT2D eigenvalue weighted by atomic mass is 10.1. The lowest BCUT2D eigenvalue weighted by Gasteiger charge is -2.12. The van der Waals surface area contributed by atoms with Crippen molar-refractivity contribution in [2.75, 3.05) is 11.2 Å². The highest BCUT2D eigenvalue weighted by Crippen LogP contribution is 2.39. The maximum absolute atomic E-state index is 12.5. The molecule has 1 amide bonds. The van der Waals surface area contributed by atoms with Gasteiger partial charge in [-0.05, 0) is 42.7 Å². The van der Waals surface area contributed by atoms with Crippen molar-refractivity contribution in [3.05, 3.63) is 48.3 Å². The van der Waals surface area contributed by atoms with E-state index in [9.17, 15) is 4.79 Å². The molecule has 25 heavy (non-hydrogen) atoms. The number of thioether (sulfide) groups is 1. The van der Waals surface area contributed by atoms with Gasteiger partial charge in [0.2, 0.25) is 11.1 Å². The van der Waals surface area contributed by atoms with Gasteiger partial charge in [-0.2, -0.15) is 0 Å². The molecule has 0 aliphatic heterocycles. The molecule has 0 unspecified atom stereocenters. The van der Waals surface area contributed by atoms with Gasteiger partial charge in [-0.3, -0.25) is 4.79 Å². The van der Waals surface area contributed by atoms with E-state index in [1.54, 1.807) is 0 Å². The quantitative estimate of drug-likeness (QED) is 0.544. The zero-order valence-electron chi connectivity index (χ0n) is 13.8. The van der Waals surface area contributed by atoms with Gasteiger partial charge in [-0.1, -0.05) is 42.1 Å². The molecule has 1 atom stereocenters. The molecule has 0 spiro atoms. The summed E-state index contributed by atoms with van der Waals surface area (Å²) in [5.74, 6) is 7.19. The minimum Gasteiger partial charge on any atom is -0.336 e. The van der Waals surface area contributed by atoms with Crippen LogP contribution >= 0.6 is 11.8 Å². The van der Waals surface area contributed by atoms with E-state index < -0.39 is 0 Å². The maximum Gasteiger partial charge on any atom is 0.237 e. The molecule has 1 fully saturated rings. The SMILES string of the molecule is C[C@@H](Sc1nnc(C2CC2)n1N)C(=O)Nc1ccc2ccccc2c1. The standard InChI is InChI=1S/C18H19N5OS/c1-11(25-18-22-21-16(23(18)19)13-6-7-13)17(24)20-15-9-8-12-4-2-3-5-14(12)10-15/h2-5,8-11,13H,6-7,19H2,1H3,(H,20,24)/t11-/m1/s1. The molecular formula is C18H19N5OS. The van der Waals surface area contributed by atoms with Gasteiger partial charge in [0.15, 0.2) is 5.82 Å². The molecule has 1 heterocycles. The van der Waals surface area contributed by atoms with Crippen molar-refractivity contribution in [2.24, 2.45) is 0 Å². The molecule has 1 saturated carbocycles. The summed E-state index contributed by atoms with van der Waals surface area (Å²) in [4.78, 5) is 12.5. The summed E-state index contributed by atoms with van der Waals surface area (Å²) in [5.41, 5.74) is 0.782. The van der Waals surface area contributed by atoms with E-state index in [2.05, 4.69) is 15.5 Å². The minimum absolute atomic E-state index is 0.0868. The molecule has 1 aliphatic rings. The second-order valence-electron chi connectivity index (χ2n) is 6.30. The highest BCUT2D eigenvalue weighted by Gasteiger charge is 2.30. The number of hydrogen-bond donors (Lipinski definition) is 2. The van der Waals surface area contributed by atoms with Gasteiger partial charge in [-0.15, -0.1) is 10.2 Å². The Hall–Kier alpha value is -2.54. The average Bonchev–Trinajstić information content (AvgIpc) is 3.40. The van der Waals surface area contributed by atoms with Crippen molar-refractivity contribution in [3.63, 3.8) is 0 Å². The van der Waals surface area contributed by atoms with E-state index in [1.807, 2.05) is 49.4 Å². The maximum atomic E-state index is 12.5. The smallest absolute Gasteiger partial charge is 0.237 e. The molecule has 1 aliphatic carbocycles. The van der Waals surface area contributed by atoms with Crippen molar-refractivity contribution in [1.29, 1.82) is 0 Å². The van der Waals surface area contributed by atoms with Crippen molar-refractivity contribution in [2.45, 2.75) is 36.1 Å². The lowest BCUT2D eigenvalue weighted by Crippen LogP contribution is -2.23. The van der Waals surface area contributed by atoms with Crippen LogP contribution in [0, 0.1) is 0 Å². The number of hydrogen-bond acceptors (Lipinski definition) is 5. The number of rotatable bonds is 5. The van der Waals surface area contributed by atoms with Crippen LogP contribution in [-0.4, -0.2) is 26.0 Å². The second-order valence-corrected chi connectivity index (χ2v) is 7.60. The number of fused-ring (bicyclic) bond motifs is 1. The molecule has 0 saturated heterocycles. The third-order valence-electron chi connectivity index (χ3n) is 4.30. The predicted molar refractivity (Wildman–Crippen MR) is 100 cm³/mol. The summed E-state index contributed by atoms with van der Waals surface area (Å²) >= 11 is 1.32. The van der Waals surface area contributed by atoms with Crippen LogP contribution in [0.4, 0.5) is 5.69 Å². The Labute approximate surface area is 149 Å². The number of nitrogens with one attached hydrogen (secondary N) is 1. The topological polar surface area (TPSA) is 85.8 Å². The van der Waals surface area contributed by atoms with Gasteiger partial charge in [0.05, 0.1) is 5.25 Å². The Morgan fingerprint density at radius 2 is 2.00 bits per heavy atom. The van der Waals surface area contributed by atoms with Crippen LogP contribution in [0.25, 0.3) is 10.8 Å². The number of aromatic nitrogens is 3. The molecular weight excluding hydrogens is 334 g/mol. The van der Waals surface area contributed by atoms with Gasteiger partial charge in [0.25, 0.3) is 0 Å². The molecule has 3 aromatic rings. The molecule has 0 radical (unpaired) electrons. The van der Waals surface area contributed by atoms with Crippen molar-refractivity contribution < 1.29 is 4.79 Å². The number of carbonyl (C=O) groups excluding carboxylic acids is 1. The first-order chi connectivity index (χ1) is 12.1. The summed E-state index contributed by atoms with van der Waals surface area (Å²) in [6.45, 7) is 1.84. The van der Waals surface area contributed by atoms with Gasteiger partial charge in [0, 0.05) is 11.6 Å². The molecule has 6 nitrogen and oxygen atoms in total. The molecule has 7 heteroatoms. The Morgan fingerprint density at radius 1 is 1.24 bits per heavy atom. The monoisotopic (exact) mass is 353 g/mol. The Kier molecular flexibility index (Phi) is 4.09. The number of anilines is 1. The van der Waals surface area contributed by atoms with Crippen LogP contribution in [0.2, 0.25) is 0 Å². The zero-order chi connectivity index (χ0) is 17.4. The summed E-state index contributed by atoms with van der Waals surface area (Å²) in [6, 6.07) is 13.9. The van der Waals surface area contributed by atoms with Crippen LogP contribution in [0.1, 0.15) is 31.5 Å². The van der Waals surface area contributed by atoms with Crippen LogP contribution in [-0.2, 0) is 4.79 Å². The second kappa shape index (κ2) is 6.40. The Balaban J connectivity index is 1.44. The molecule has 128 valence electrons. The molecule has 3 N–H and O–H groups in total. The average molecular weight is 353 g/mol. The number of nitrogens with zero attached hydrogens (tertiary/aromatic N) is 3. The van der Waals surface area contributed by atoms with E-state index in [1.165, 1.54) is 16.4 Å². The number of benzene rings is 2. The largest absolute Gasteiger partial charge is 0.336 e. The van der Waals surface area contributed by atoms with Gasteiger partial charge in [-0.25, -0.2) is 4.68 Å². The minimum atomic E-state index is -0.329. The van der Waals surface area contributed by atoms with Crippen molar-refractivity contribution in [3.8, 4) is 0 Å². The lowest BCUT2D eigenvalue weighted by molar-refractivity contribution is -0.115. The molecule has 1 aromatic heterocycles. The van der Waals surface area contributed by atoms with Crippen LogP contribution in [0.15, 0.2) is 47.6 Å². The van der Waals surface area contributed by atoms with Crippen molar-refractivity contribution >= 4 is 34.1 Å². The van der Waals surface area contributed by atoms with E-state index >= 15 is 0 Å².